The molecule has 3 heteroatoms. The third-order valence-corrected chi connectivity index (χ3v) is 11.9. The van der Waals surface area contributed by atoms with E-state index in [4.69, 9.17) is 0 Å². The lowest BCUT2D eigenvalue weighted by atomic mass is 9.83. The largest absolute Gasteiger partial charge is 0.322 e. The van der Waals surface area contributed by atoms with Crippen LogP contribution in [0.4, 0.5) is 5.69 Å². The predicted molar refractivity (Wildman–Crippen MR) is 107 cm³/mol. The second-order valence-electron chi connectivity index (χ2n) is 8.37. The van der Waals surface area contributed by atoms with Gasteiger partial charge in [-0.2, -0.15) is 0 Å². The van der Waals surface area contributed by atoms with Crippen LogP contribution in [0.25, 0.3) is 0 Å². The summed E-state index contributed by atoms with van der Waals surface area (Å²) in [6, 6.07) is 4.36. The molecule has 0 spiro atoms. The molecule has 2 fully saturated rings. The molecule has 1 saturated carbocycles. The van der Waals surface area contributed by atoms with Crippen molar-refractivity contribution in [2.75, 3.05) is 24.3 Å². The molecule has 0 unspecified atom stereocenters. The quantitative estimate of drug-likeness (QED) is 0.699. The van der Waals surface area contributed by atoms with Gasteiger partial charge in [-0.05, 0) is 76.8 Å². The molecule has 132 valence electrons. The first-order valence-corrected chi connectivity index (χ1v) is 12.2. The number of carbonyl (C=O) groups is 1. The summed E-state index contributed by atoms with van der Waals surface area (Å²) in [4.78, 5) is 13.4. The average molecular weight is 346 g/mol. The highest BCUT2D eigenvalue weighted by Gasteiger charge is 2.62. The van der Waals surface area contributed by atoms with Crippen molar-refractivity contribution in [3.05, 3.63) is 28.8 Å². The standard InChI is InChI=1S/C21H32NOP/c1-16-14-17(2)19(18(3)15-16)22-20(23)21(10-9-11-21)24(4)12-7-5-6-8-13-24/h14-15H,5-13H2,1-4H3/p+1. The first-order chi connectivity index (χ1) is 11.4. The van der Waals surface area contributed by atoms with Gasteiger partial charge in [0.15, 0.2) is 5.16 Å². The molecule has 24 heavy (non-hydrogen) atoms. The van der Waals surface area contributed by atoms with E-state index >= 15 is 0 Å². The van der Waals surface area contributed by atoms with Crippen LogP contribution in [-0.2, 0) is 4.79 Å². The Morgan fingerprint density at radius 1 is 0.958 bits per heavy atom. The van der Waals surface area contributed by atoms with E-state index in [1.807, 2.05) is 0 Å². The Hall–Kier alpha value is -0.880. The predicted octanol–water partition coefficient (Wildman–Crippen LogP) is 5.69. The topological polar surface area (TPSA) is 29.1 Å². The number of carbonyl (C=O) groups excluding carboxylic acids is 1. The maximum absolute atomic E-state index is 13.4. The van der Waals surface area contributed by atoms with E-state index in [0.717, 1.165) is 18.5 Å². The number of benzene rings is 1. The van der Waals surface area contributed by atoms with E-state index in [2.05, 4.69) is 44.9 Å². The van der Waals surface area contributed by atoms with Crippen LogP contribution in [0.15, 0.2) is 12.1 Å². The first kappa shape index (κ1) is 17.9. The van der Waals surface area contributed by atoms with Crippen LogP contribution in [0.5, 0.6) is 0 Å². The summed E-state index contributed by atoms with van der Waals surface area (Å²) in [6.45, 7) is 8.86. The minimum atomic E-state index is -1.19. The normalized spacial score (nSPS) is 22.3. The Kier molecular flexibility index (Phi) is 5.07. The second-order valence-corrected chi connectivity index (χ2v) is 12.9. The molecule has 1 heterocycles. The maximum atomic E-state index is 13.4. The molecule has 2 aliphatic rings. The fourth-order valence-electron chi connectivity index (χ4n) is 4.95. The molecule has 2 nitrogen and oxygen atoms in total. The molecule has 0 bridgehead atoms. The molecule has 0 atom stereocenters. The fourth-order valence-corrected chi connectivity index (χ4v) is 9.81. The lowest BCUT2D eigenvalue weighted by Crippen LogP contribution is -2.51. The fraction of sp³-hybridized carbons (Fsp3) is 0.667. The molecule has 1 amide bonds. The van der Waals surface area contributed by atoms with E-state index in [0.29, 0.717) is 5.91 Å². The molecule has 1 saturated heterocycles. The summed E-state index contributed by atoms with van der Waals surface area (Å²) in [5.74, 6) is 0.335. The summed E-state index contributed by atoms with van der Waals surface area (Å²) >= 11 is 0. The van der Waals surface area contributed by atoms with Crippen molar-refractivity contribution in [2.24, 2.45) is 0 Å². The van der Waals surface area contributed by atoms with Gasteiger partial charge in [0, 0.05) is 19.6 Å². The van der Waals surface area contributed by atoms with Crippen LogP contribution >= 0.6 is 7.26 Å². The summed E-state index contributed by atoms with van der Waals surface area (Å²) in [5.41, 5.74) is 4.71. The van der Waals surface area contributed by atoms with Gasteiger partial charge in [-0.3, -0.25) is 4.79 Å². The van der Waals surface area contributed by atoms with Gasteiger partial charge in [-0.1, -0.05) is 17.7 Å². The second kappa shape index (κ2) is 6.79. The number of hydrogen-bond donors (Lipinski definition) is 1. The van der Waals surface area contributed by atoms with Gasteiger partial charge < -0.3 is 5.32 Å². The number of nitrogens with one attached hydrogen (secondary N) is 1. The number of amides is 1. The highest BCUT2D eigenvalue weighted by atomic mass is 31.2. The van der Waals surface area contributed by atoms with Crippen molar-refractivity contribution in [2.45, 2.75) is 70.9 Å². The SMILES string of the molecule is Cc1cc(C)c(NC(=O)C2([P+]3(C)CCCCCC3)CCC2)c(C)c1. The number of hydrogen-bond acceptors (Lipinski definition) is 1. The Balaban J connectivity index is 1.87. The Morgan fingerprint density at radius 3 is 1.96 bits per heavy atom. The van der Waals surface area contributed by atoms with Gasteiger partial charge in [0.1, 0.15) is 0 Å². The van der Waals surface area contributed by atoms with Gasteiger partial charge >= 0.3 is 0 Å². The molecule has 1 aromatic rings. The smallest absolute Gasteiger partial charge is 0.268 e. The van der Waals surface area contributed by atoms with Gasteiger partial charge in [-0.15, -0.1) is 0 Å². The van der Waals surface area contributed by atoms with Gasteiger partial charge in [0.25, 0.3) is 5.91 Å². The Labute approximate surface area is 148 Å². The van der Waals surface area contributed by atoms with Crippen molar-refractivity contribution >= 4 is 18.9 Å². The number of anilines is 1. The lowest BCUT2D eigenvalue weighted by Gasteiger charge is -2.47. The van der Waals surface area contributed by atoms with Gasteiger partial charge in [-0.25, -0.2) is 0 Å². The molecule has 1 aliphatic carbocycles. The molecular weight excluding hydrogens is 313 g/mol. The number of aryl methyl sites for hydroxylation is 3. The molecular formula is C21H33NOP+. The van der Waals surface area contributed by atoms with Crippen LogP contribution in [0.1, 0.15) is 61.6 Å². The van der Waals surface area contributed by atoms with Crippen molar-refractivity contribution in [1.29, 1.82) is 0 Å². The zero-order valence-corrected chi connectivity index (χ0v) is 16.8. The van der Waals surface area contributed by atoms with Crippen LogP contribution < -0.4 is 5.32 Å². The zero-order chi connectivity index (χ0) is 17.4. The third kappa shape index (κ3) is 3.03. The molecule has 1 aliphatic heterocycles. The van der Waals surface area contributed by atoms with E-state index < -0.39 is 7.26 Å². The number of rotatable bonds is 3. The van der Waals surface area contributed by atoms with E-state index in [-0.39, 0.29) is 5.16 Å². The monoisotopic (exact) mass is 346 g/mol. The van der Waals surface area contributed by atoms with Gasteiger partial charge in [0.2, 0.25) is 0 Å². The maximum Gasteiger partial charge on any atom is 0.268 e. The molecule has 3 rings (SSSR count). The Morgan fingerprint density at radius 2 is 1.50 bits per heavy atom. The summed E-state index contributed by atoms with van der Waals surface area (Å²) in [6.07, 6.45) is 11.5. The first-order valence-electron chi connectivity index (χ1n) is 9.62. The summed E-state index contributed by atoms with van der Waals surface area (Å²) in [7, 11) is -1.19. The van der Waals surface area contributed by atoms with E-state index in [1.54, 1.807) is 0 Å². The molecule has 1 N–H and O–H groups in total. The minimum Gasteiger partial charge on any atom is -0.322 e. The highest BCUT2D eigenvalue weighted by molar-refractivity contribution is 7.77. The average Bonchev–Trinajstić information content (AvgIpc) is 2.67. The molecule has 0 radical (unpaired) electrons. The lowest BCUT2D eigenvalue weighted by molar-refractivity contribution is -0.120. The van der Waals surface area contributed by atoms with Crippen molar-refractivity contribution in [3.8, 4) is 0 Å². The summed E-state index contributed by atoms with van der Waals surface area (Å²) < 4.78 is 0. The Bertz CT molecular complexity index is 602. The summed E-state index contributed by atoms with van der Waals surface area (Å²) in [5, 5.41) is 3.35. The molecule has 0 aromatic heterocycles. The highest BCUT2D eigenvalue weighted by Crippen LogP contribution is 2.74. The van der Waals surface area contributed by atoms with Crippen LogP contribution in [0.3, 0.4) is 0 Å². The zero-order valence-electron chi connectivity index (χ0n) is 15.9. The van der Waals surface area contributed by atoms with Crippen LogP contribution in [-0.4, -0.2) is 30.1 Å². The third-order valence-electron chi connectivity index (χ3n) is 6.61. The van der Waals surface area contributed by atoms with Gasteiger partial charge in [0.05, 0.1) is 12.3 Å². The van der Waals surface area contributed by atoms with Crippen molar-refractivity contribution < 1.29 is 4.79 Å². The van der Waals surface area contributed by atoms with E-state index in [1.165, 1.54) is 61.1 Å². The van der Waals surface area contributed by atoms with E-state index in [9.17, 15) is 4.79 Å². The minimum absolute atomic E-state index is 0.0267. The van der Waals surface area contributed by atoms with Crippen molar-refractivity contribution in [3.63, 3.8) is 0 Å². The van der Waals surface area contributed by atoms with Crippen molar-refractivity contribution in [1.82, 2.24) is 0 Å². The van der Waals surface area contributed by atoms with Crippen LogP contribution in [0, 0.1) is 20.8 Å². The van der Waals surface area contributed by atoms with Crippen LogP contribution in [0.2, 0.25) is 0 Å². The molecule has 1 aromatic carbocycles.